The van der Waals surface area contributed by atoms with E-state index in [1.165, 1.54) is 0 Å². The number of pyridine rings is 1. The molecule has 0 saturated carbocycles. The van der Waals surface area contributed by atoms with Gasteiger partial charge in [-0.2, -0.15) is 0 Å². The molecule has 1 aliphatic rings. The number of aromatic nitrogens is 3. The Morgan fingerprint density at radius 2 is 1.93 bits per heavy atom. The highest BCUT2D eigenvalue weighted by Crippen LogP contribution is 2.29. The van der Waals surface area contributed by atoms with E-state index < -0.39 is 0 Å². The molecule has 4 N–H and O–H groups in total. The van der Waals surface area contributed by atoms with Gasteiger partial charge in [-0.05, 0) is 38.2 Å². The third-order valence-corrected chi connectivity index (χ3v) is 5.99. The summed E-state index contributed by atoms with van der Waals surface area (Å²) in [6.07, 6.45) is 0. The number of fused-ring (bicyclic) bond motifs is 2. The first-order valence-electron chi connectivity index (χ1n) is 9.87. The molecule has 1 saturated heterocycles. The SMILES string of the molecule is C[C@@H]1CN(c2ccc3nc(-c4c(N)c5ccccc5[nH]c4=O)[nH]c3c2)CCN1C. The van der Waals surface area contributed by atoms with Crippen molar-refractivity contribution in [3.8, 4) is 11.4 Å². The van der Waals surface area contributed by atoms with Gasteiger partial charge in [0, 0.05) is 36.7 Å². The van der Waals surface area contributed by atoms with Crippen LogP contribution < -0.4 is 16.2 Å². The highest BCUT2D eigenvalue weighted by atomic mass is 16.1. The second-order valence-corrected chi connectivity index (χ2v) is 7.85. The van der Waals surface area contributed by atoms with Gasteiger partial charge >= 0.3 is 0 Å². The van der Waals surface area contributed by atoms with Crippen LogP contribution in [0, 0.1) is 0 Å². The van der Waals surface area contributed by atoms with Crippen molar-refractivity contribution in [2.24, 2.45) is 0 Å². The number of rotatable bonds is 2. The fourth-order valence-corrected chi connectivity index (χ4v) is 4.10. The molecule has 7 nitrogen and oxygen atoms in total. The number of nitrogen functional groups attached to an aromatic ring is 1. The van der Waals surface area contributed by atoms with Gasteiger partial charge < -0.3 is 25.5 Å². The van der Waals surface area contributed by atoms with Crippen LogP contribution in [-0.2, 0) is 0 Å². The molecule has 0 aliphatic carbocycles. The average Bonchev–Trinajstić information content (AvgIpc) is 3.12. The molecule has 2 aromatic carbocycles. The predicted molar refractivity (Wildman–Crippen MR) is 118 cm³/mol. The van der Waals surface area contributed by atoms with E-state index in [2.05, 4.69) is 50.9 Å². The molecule has 148 valence electrons. The zero-order valence-corrected chi connectivity index (χ0v) is 16.6. The summed E-state index contributed by atoms with van der Waals surface area (Å²) in [5.41, 5.74) is 10.5. The fourth-order valence-electron chi connectivity index (χ4n) is 4.10. The molecule has 0 bridgehead atoms. The number of nitrogens with one attached hydrogen (secondary N) is 2. The maximum atomic E-state index is 12.7. The second-order valence-electron chi connectivity index (χ2n) is 7.85. The van der Waals surface area contributed by atoms with Crippen molar-refractivity contribution in [3.05, 3.63) is 52.8 Å². The number of hydrogen-bond donors (Lipinski definition) is 3. The molecular weight excluding hydrogens is 364 g/mol. The highest BCUT2D eigenvalue weighted by molar-refractivity contribution is 5.97. The lowest BCUT2D eigenvalue weighted by atomic mass is 10.1. The van der Waals surface area contributed by atoms with E-state index in [1.807, 2.05) is 30.3 Å². The van der Waals surface area contributed by atoms with Crippen LogP contribution in [0.25, 0.3) is 33.3 Å². The van der Waals surface area contributed by atoms with Gasteiger partial charge in [-0.25, -0.2) is 4.98 Å². The number of benzene rings is 2. The second kappa shape index (κ2) is 6.63. The van der Waals surface area contributed by atoms with Gasteiger partial charge in [-0.3, -0.25) is 4.79 Å². The molecule has 0 spiro atoms. The van der Waals surface area contributed by atoms with Gasteiger partial charge in [0.05, 0.1) is 22.2 Å². The summed E-state index contributed by atoms with van der Waals surface area (Å²) in [5.74, 6) is 0.494. The Labute approximate surface area is 168 Å². The number of likely N-dealkylation sites (N-methyl/N-ethyl adjacent to an activating group) is 1. The van der Waals surface area contributed by atoms with E-state index >= 15 is 0 Å². The van der Waals surface area contributed by atoms with E-state index in [-0.39, 0.29) is 5.56 Å². The van der Waals surface area contributed by atoms with E-state index in [9.17, 15) is 4.79 Å². The Balaban J connectivity index is 1.58. The third-order valence-electron chi connectivity index (χ3n) is 5.99. The maximum Gasteiger partial charge on any atom is 0.261 e. The maximum absolute atomic E-state index is 12.7. The van der Waals surface area contributed by atoms with Gasteiger partial charge in [0.25, 0.3) is 5.56 Å². The predicted octanol–water partition coefficient (Wildman–Crippen LogP) is 2.79. The van der Waals surface area contributed by atoms with Crippen molar-refractivity contribution < 1.29 is 0 Å². The molecule has 3 heterocycles. The van der Waals surface area contributed by atoms with Crippen LogP contribution in [0.1, 0.15) is 6.92 Å². The van der Waals surface area contributed by atoms with Crippen LogP contribution in [-0.4, -0.2) is 52.6 Å². The number of H-pyrrole nitrogens is 2. The minimum Gasteiger partial charge on any atom is -0.397 e. The normalized spacial score (nSPS) is 18.0. The lowest BCUT2D eigenvalue weighted by molar-refractivity contribution is 0.234. The molecule has 1 atom stereocenters. The van der Waals surface area contributed by atoms with Gasteiger partial charge in [-0.15, -0.1) is 0 Å². The van der Waals surface area contributed by atoms with Crippen molar-refractivity contribution in [1.29, 1.82) is 0 Å². The van der Waals surface area contributed by atoms with Gasteiger partial charge in [0.15, 0.2) is 0 Å². The van der Waals surface area contributed by atoms with E-state index in [1.54, 1.807) is 0 Å². The molecule has 0 radical (unpaired) electrons. The molecule has 7 heteroatoms. The smallest absolute Gasteiger partial charge is 0.261 e. The van der Waals surface area contributed by atoms with Crippen LogP contribution in [0.5, 0.6) is 0 Å². The number of anilines is 2. The standard InChI is InChI=1S/C22H24N6O/c1-13-12-28(10-9-27(13)2)14-7-8-17-18(11-14)25-21(24-17)19-20(23)15-5-3-4-6-16(15)26-22(19)29/h3-8,11,13H,9-10,12H2,1-2H3,(H,24,25)(H3,23,26,29)/t13-/m1/s1. The first-order chi connectivity index (χ1) is 14.0. The monoisotopic (exact) mass is 388 g/mol. The van der Waals surface area contributed by atoms with Gasteiger partial charge in [0.2, 0.25) is 0 Å². The van der Waals surface area contributed by atoms with E-state index in [0.717, 1.165) is 47.3 Å². The van der Waals surface area contributed by atoms with Crippen molar-refractivity contribution in [2.75, 3.05) is 37.3 Å². The average molecular weight is 388 g/mol. The summed E-state index contributed by atoms with van der Waals surface area (Å²) >= 11 is 0. The summed E-state index contributed by atoms with van der Waals surface area (Å²) in [6.45, 7) is 5.26. The molecule has 29 heavy (non-hydrogen) atoms. The Morgan fingerprint density at radius 1 is 1.10 bits per heavy atom. The molecular formula is C22H24N6O. The Morgan fingerprint density at radius 3 is 2.76 bits per heavy atom. The van der Waals surface area contributed by atoms with Crippen LogP contribution >= 0.6 is 0 Å². The number of para-hydroxylation sites is 1. The number of imidazole rings is 1. The van der Waals surface area contributed by atoms with Crippen molar-refractivity contribution in [1.82, 2.24) is 19.9 Å². The first kappa shape index (κ1) is 17.8. The van der Waals surface area contributed by atoms with Crippen molar-refractivity contribution in [3.63, 3.8) is 0 Å². The summed E-state index contributed by atoms with van der Waals surface area (Å²) in [5, 5.41) is 0.815. The van der Waals surface area contributed by atoms with E-state index in [0.29, 0.717) is 23.1 Å². The summed E-state index contributed by atoms with van der Waals surface area (Å²) in [6, 6.07) is 14.2. The fraction of sp³-hybridized carbons (Fsp3) is 0.273. The lowest BCUT2D eigenvalue weighted by Gasteiger charge is -2.39. The largest absolute Gasteiger partial charge is 0.397 e. The zero-order chi connectivity index (χ0) is 20.1. The topological polar surface area (TPSA) is 94.0 Å². The molecule has 5 rings (SSSR count). The third kappa shape index (κ3) is 2.94. The summed E-state index contributed by atoms with van der Waals surface area (Å²) in [7, 11) is 2.16. The van der Waals surface area contributed by atoms with Gasteiger partial charge in [0.1, 0.15) is 11.4 Å². The molecule has 0 unspecified atom stereocenters. The molecule has 2 aromatic heterocycles. The number of aromatic amines is 2. The first-order valence-corrected chi connectivity index (χ1v) is 9.87. The Bertz CT molecular complexity index is 1270. The highest BCUT2D eigenvalue weighted by Gasteiger charge is 2.21. The van der Waals surface area contributed by atoms with Crippen molar-refractivity contribution in [2.45, 2.75) is 13.0 Å². The minimum absolute atomic E-state index is 0.242. The molecule has 0 amide bonds. The number of nitrogens with two attached hydrogens (primary N) is 1. The summed E-state index contributed by atoms with van der Waals surface area (Å²) in [4.78, 5) is 28.3. The zero-order valence-electron chi connectivity index (χ0n) is 16.6. The molecule has 4 aromatic rings. The Kier molecular flexibility index (Phi) is 4.06. The lowest BCUT2D eigenvalue weighted by Crippen LogP contribution is -2.50. The summed E-state index contributed by atoms with van der Waals surface area (Å²) < 4.78 is 0. The van der Waals surface area contributed by atoms with Crippen LogP contribution in [0.2, 0.25) is 0 Å². The van der Waals surface area contributed by atoms with Crippen LogP contribution in [0.15, 0.2) is 47.3 Å². The molecule has 1 fully saturated rings. The van der Waals surface area contributed by atoms with Gasteiger partial charge in [-0.1, -0.05) is 18.2 Å². The number of piperazine rings is 1. The van der Waals surface area contributed by atoms with E-state index in [4.69, 9.17) is 5.73 Å². The van der Waals surface area contributed by atoms with Crippen molar-refractivity contribution >= 4 is 33.3 Å². The van der Waals surface area contributed by atoms with Crippen LogP contribution in [0.4, 0.5) is 11.4 Å². The molecule has 1 aliphatic heterocycles. The Hall–Kier alpha value is -3.32. The number of nitrogens with zero attached hydrogens (tertiary/aromatic N) is 3. The number of hydrogen-bond acceptors (Lipinski definition) is 5. The minimum atomic E-state index is -0.242. The van der Waals surface area contributed by atoms with Crippen LogP contribution in [0.3, 0.4) is 0 Å². The quantitative estimate of drug-likeness (QED) is 0.491.